The molecule has 0 aliphatic heterocycles. The second-order valence-electron chi connectivity index (χ2n) is 4.42. The Morgan fingerprint density at radius 3 is 2.55 bits per heavy atom. The van der Waals surface area contributed by atoms with Crippen molar-refractivity contribution in [1.82, 2.24) is 0 Å². The molecular formula is C16H17FO3. The first kappa shape index (κ1) is 14.3. The van der Waals surface area contributed by atoms with E-state index in [1.165, 1.54) is 7.11 Å². The Balaban J connectivity index is 1.93. The summed E-state index contributed by atoms with van der Waals surface area (Å²) in [6, 6.07) is 14.1. The van der Waals surface area contributed by atoms with Crippen molar-refractivity contribution in [2.75, 3.05) is 13.7 Å². The zero-order valence-corrected chi connectivity index (χ0v) is 11.3. The van der Waals surface area contributed by atoms with Crippen LogP contribution in [0.4, 0.5) is 4.39 Å². The van der Waals surface area contributed by atoms with Crippen LogP contribution in [0.1, 0.15) is 5.56 Å². The molecule has 0 aromatic heterocycles. The molecule has 1 unspecified atom stereocenters. The molecule has 0 saturated carbocycles. The number of benzene rings is 2. The SMILES string of the molecule is COc1cccc(CC(O)COc2ccccc2)c1F. The van der Waals surface area contributed by atoms with Crippen LogP contribution in [0.25, 0.3) is 0 Å². The predicted octanol–water partition coefficient (Wildman–Crippen LogP) is 2.82. The molecule has 2 aromatic rings. The molecule has 106 valence electrons. The van der Waals surface area contributed by atoms with Gasteiger partial charge < -0.3 is 14.6 Å². The summed E-state index contributed by atoms with van der Waals surface area (Å²) < 4.78 is 24.3. The zero-order chi connectivity index (χ0) is 14.4. The average Bonchev–Trinajstić information content (AvgIpc) is 2.48. The molecule has 0 aliphatic carbocycles. The maximum absolute atomic E-state index is 13.9. The molecule has 0 heterocycles. The van der Waals surface area contributed by atoms with Crippen molar-refractivity contribution in [3.63, 3.8) is 0 Å². The van der Waals surface area contributed by atoms with E-state index < -0.39 is 11.9 Å². The summed E-state index contributed by atoms with van der Waals surface area (Å²) in [6.07, 6.45) is -0.604. The quantitative estimate of drug-likeness (QED) is 0.881. The van der Waals surface area contributed by atoms with Gasteiger partial charge in [-0.3, -0.25) is 0 Å². The van der Waals surface area contributed by atoms with Gasteiger partial charge in [0.1, 0.15) is 12.4 Å². The largest absolute Gasteiger partial charge is 0.494 e. The first-order valence-corrected chi connectivity index (χ1v) is 6.38. The minimum absolute atomic E-state index is 0.112. The van der Waals surface area contributed by atoms with Crippen LogP contribution in [0.2, 0.25) is 0 Å². The van der Waals surface area contributed by atoms with Crippen LogP contribution in [-0.2, 0) is 6.42 Å². The van der Waals surface area contributed by atoms with Crippen LogP contribution < -0.4 is 9.47 Å². The summed E-state index contributed by atoms with van der Waals surface area (Å²) in [6.45, 7) is 0.112. The molecule has 0 saturated heterocycles. The predicted molar refractivity (Wildman–Crippen MR) is 74.6 cm³/mol. The molecule has 4 heteroatoms. The van der Waals surface area contributed by atoms with Crippen molar-refractivity contribution in [3.8, 4) is 11.5 Å². The first-order valence-electron chi connectivity index (χ1n) is 6.38. The van der Waals surface area contributed by atoms with Gasteiger partial charge in [0.25, 0.3) is 0 Å². The summed E-state index contributed by atoms with van der Waals surface area (Å²) in [5.41, 5.74) is 0.411. The van der Waals surface area contributed by atoms with Gasteiger partial charge >= 0.3 is 0 Å². The van der Waals surface area contributed by atoms with E-state index >= 15 is 0 Å². The molecule has 1 atom stereocenters. The highest BCUT2D eigenvalue weighted by molar-refractivity contribution is 5.31. The minimum Gasteiger partial charge on any atom is -0.494 e. The lowest BCUT2D eigenvalue weighted by molar-refractivity contribution is 0.107. The molecule has 20 heavy (non-hydrogen) atoms. The van der Waals surface area contributed by atoms with Crippen molar-refractivity contribution in [2.45, 2.75) is 12.5 Å². The van der Waals surface area contributed by atoms with Gasteiger partial charge in [-0.05, 0) is 23.8 Å². The van der Waals surface area contributed by atoms with Crippen LogP contribution in [-0.4, -0.2) is 24.9 Å². The zero-order valence-electron chi connectivity index (χ0n) is 11.3. The maximum Gasteiger partial charge on any atom is 0.168 e. The van der Waals surface area contributed by atoms with E-state index in [4.69, 9.17) is 9.47 Å². The van der Waals surface area contributed by atoms with Crippen LogP contribution in [0, 0.1) is 5.82 Å². The Labute approximate surface area is 117 Å². The second kappa shape index (κ2) is 6.91. The molecule has 0 spiro atoms. The van der Waals surface area contributed by atoms with Gasteiger partial charge in [-0.1, -0.05) is 30.3 Å². The lowest BCUT2D eigenvalue weighted by Gasteiger charge is -2.13. The maximum atomic E-state index is 13.9. The third-order valence-electron chi connectivity index (χ3n) is 2.90. The number of hydrogen-bond acceptors (Lipinski definition) is 3. The number of halogens is 1. The summed E-state index contributed by atoms with van der Waals surface area (Å²) >= 11 is 0. The summed E-state index contributed by atoms with van der Waals surface area (Å²) in [7, 11) is 1.41. The van der Waals surface area contributed by atoms with E-state index in [-0.39, 0.29) is 18.8 Å². The molecule has 0 aliphatic rings. The summed E-state index contributed by atoms with van der Waals surface area (Å²) in [4.78, 5) is 0. The monoisotopic (exact) mass is 276 g/mol. The van der Waals surface area contributed by atoms with Crippen LogP contribution >= 0.6 is 0 Å². The second-order valence-corrected chi connectivity index (χ2v) is 4.42. The normalized spacial score (nSPS) is 11.9. The first-order chi connectivity index (χ1) is 9.70. The van der Waals surface area contributed by atoms with Gasteiger partial charge in [0.15, 0.2) is 11.6 Å². The molecule has 2 aromatic carbocycles. The third-order valence-corrected chi connectivity index (χ3v) is 2.90. The van der Waals surface area contributed by atoms with Gasteiger partial charge in [-0.25, -0.2) is 4.39 Å². The van der Waals surface area contributed by atoms with E-state index in [1.807, 2.05) is 18.2 Å². The smallest absolute Gasteiger partial charge is 0.168 e. The molecule has 3 nitrogen and oxygen atoms in total. The number of hydrogen-bond donors (Lipinski definition) is 1. The van der Waals surface area contributed by atoms with Crippen LogP contribution in [0.15, 0.2) is 48.5 Å². The van der Waals surface area contributed by atoms with Gasteiger partial charge in [0.05, 0.1) is 13.2 Å². The summed E-state index contributed by atoms with van der Waals surface area (Å²) in [5.74, 6) is 0.421. The number of methoxy groups -OCH3 is 1. The molecule has 0 amide bonds. The third kappa shape index (κ3) is 3.71. The Bertz CT molecular complexity index is 543. The molecule has 0 radical (unpaired) electrons. The van der Waals surface area contributed by atoms with Crippen LogP contribution in [0.5, 0.6) is 11.5 Å². The Morgan fingerprint density at radius 2 is 1.85 bits per heavy atom. The van der Waals surface area contributed by atoms with Crippen molar-refractivity contribution in [2.24, 2.45) is 0 Å². The van der Waals surface area contributed by atoms with Crippen LogP contribution in [0.3, 0.4) is 0 Å². The Kier molecular flexibility index (Phi) is 4.96. The number of aliphatic hydroxyl groups excluding tert-OH is 1. The fourth-order valence-electron chi connectivity index (χ4n) is 1.89. The van der Waals surface area contributed by atoms with Crippen molar-refractivity contribution in [3.05, 3.63) is 59.9 Å². The highest BCUT2D eigenvalue weighted by atomic mass is 19.1. The molecule has 0 fully saturated rings. The van der Waals surface area contributed by atoms with E-state index in [2.05, 4.69) is 0 Å². The number of ether oxygens (including phenoxy) is 2. The molecular weight excluding hydrogens is 259 g/mol. The molecule has 2 rings (SSSR count). The fraction of sp³-hybridized carbons (Fsp3) is 0.250. The Morgan fingerprint density at radius 1 is 1.10 bits per heavy atom. The number of rotatable bonds is 6. The van der Waals surface area contributed by atoms with E-state index in [0.29, 0.717) is 11.3 Å². The standard InChI is InChI=1S/C16H17FO3/c1-19-15-9-5-6-12(16(15)17)10-13(18)11-20-14-7-3-2-4-8-14/h2-9,13,18H,10-11H2,1H3. The van der Waals surface area contributed by atoms with Gasteiger partial charge in [0, 0.05) is 6.42 Å². The van der Waals surface area contributed by atoms with Gasteiger partial charge in [-0.2, -0.15) is 0 Å². The number of para-hydroxylation sites is 1. The van der Waals surface area contributed by atoms with Crippen molar-refractivity contribution < 1.29 is 19.0 Å². The average molecular weight is 276 g/mol. The lowest BCUT2D eigenvalue weighted by atomic mass is 10.1. The summed E-state index contributed by atoms with van der Waals surface area (Å²) in [5, 5.41) is 9.92. The lowest BCUT2D eigenvalue weighted by Crippen LogP contribution is -2.20. The number of aliphatic hydroxyl groups is 1. The van der Waals surface area contributed by atoms with Crippen molar-refractivity contribution in [1.29, 1.82) is 0 Å². The Hall–Kier alpha value is -2.07. The van der Waals surface area contributed by atoms with E-state index in [9.17, 15) is 9.50 Å². The van der Waals surface area contributed by atoms with E-state index in [1.54, 1.807) is 30.3 Å². The fourth-order valence-corrected chi connectivity index (χ4v) is 1.89. The topological polar surface area (TPSA) is 38.7 Å². The highest BCUT2D eigenvalue weighted by Gasteiger charge is 2.13. The highest BCUT2D eigenvalue weighted by Crippen LogP contribution is 2.21. The minimum atomic E-state index is -0.781. The van der Waals surface area contributed by atoms with Crippen molar-refractivity contribution >= 4 is 0 Å². The van der Waals surface area contributed by atoms with E-state index in [0.717, 1.165) is 0 Å². The van der Waals surface area contributed by atoms with Gasteiger partial charge in [0.2, 0.25) is 0 Å². The molecule has 1 N–H and O–H groups in total. The molecule has 0 bridgehead atoms. The van der Waals surface area contributed by atoms with Gasteiger partial charge in [-0.15, -0.1) is 0 Å².